The smallest absolute Gasteiger partial charge is 0.233 e. The van der Waals surface area contributed by atoms with Crippen LogP contribution in [0.4, 0.5) is 5.82 Å². The van der Waals surface area contributed by atoms with E-state index in [-0.39, 0.29) is 11.8 Å². The highest BCUT2D eigenvalue weighted by atomic mass is 16.5. The Balaban J connectivity index is 1.30. The van der Waals surface area contributed by atoms with Crippen molar-refractivity contribution in [2.75, 3.05) is 51.3 Å². The van der Waals surface area contributed by atoms with Crippen molar-refractivity contribution in [3.8, 4) is 5.88 Å². The molecule has 2 saturated heterocycles. The minimum Gasteiger partial charge on any atom is -0.480 e. The number of benzene rings is 1. The summed E-state index contributed by atoms with van der Waals surface area (Å²) in [6.07, 6.45) is 1.95. The number of carbonyl (C=O) groups excluding carboxylic acids is 1. The molecule has 1 aromatic heterocycles. The number of carbonyl (C=O) groups is 1. The van der Waals surface area contributed by atoms with Gasteiger partial charge in [0.1, 0.15) is 0 Å². The van der Waals surface area contributed by atoms with E-state index in [0.717, 1.165) is 57.9 Å². The van der Waals surface area contributed by atoms with Gasteiger partial charge < -0.3 is 14.5 Å². The van der Waals surface area contributed by atoms with Crippen molar-refractivity contribution in [3.63, 3.8) is 0 Å². The zero-order valence-corrected chi connectivity index (χ0v) is 17.0. The summed E-state index contributed by atoms with van der Waals surface area (Å²) < 4.78 is 5.08. The fraction of sp³-hybridized carbons (Fsp3) is 0.500. The number of methoxy groups -OCH3 is 1. The molecule has 29 heavy (non-hydrogen) atoms. The van der Waals surface area contributed by atoms with Gasteiger partial charge in [-0.05, 0) is 24.5 Å². The highest BCUT2D eigenvalue weighted by molar-refractivity contribution is 5.80. The van der Waals surface area contributed by atoms with Crippen LogP contribution >= 0.6 is 0 Å². The predicted molar refractivity (Wildman–Crippen MR) is 112 cm³/mol. The number of rotatable bonds is 5. The van der Waals surface area contributed by atoms with E-state index < -0.39 is 0 Å². The highest BCUT2D eigenvalue weighted by Gasteiger charge is 2.31. The van der Waals surface area contributed by atoms with Crippen molar-refractivity contribution < 1.29 is 9.53 Å². The number of amides is 1. The Hall–Kier alpha value is -2.67. The second-order valence-electron chi connectivity index (χ2n) is 7.81. The average Bonchev–Trinajstić information content (AvgIpc) is 2.80. The fourth-order valence-corrected chi connectivity index (χ4v) is 4.20. The second kappa shape index (κ2) is 9.22. The minimum atomic E-state index is 0.0355. The van der Waals surface area contributed by atoms with Gasteiger partial charge in [0.2, 0.25) is 11.8 Å². The number of nitrogens with zero attached hydrogens (tertiary/aromatic N) is 5. The summed E-state index contributed by atoms with van der Waals surface area (Å²) in [5.74, 6) is 1.64. The third-order valence-corrected chi connectivity index (χ3v) is 5.86. The molecule has 7 heteroatoms. The molecule has 1 atom stereocenters. The molecule has 0 bridgehead atoms. The van der Waals surface area contributed by atoms with E-state index in [1.165, 1.54) is 5.56 Å². The zero-order valence-electron chi connectivity index (χ0n) is 17.0. The van der Waals surface area contributed by atoms with Crippen molar-refractivity contribution in [2.45, 2.75) is 19.4 Å². The molecule has 4 rings (SSSR count). The molecule has 0 radical (unpaired) electrons. The first kappa shape index (κ1) is 19.6. The maximum absolute atomic E-state index is 13.1. The number of ether oxygens (including phenoxy) is 1. The maximum atomic E-state index is 13.1. The number of piperidine rings is 1. The summed E-state index contributed by atoms with van der Waals surface area (Å²) in [4.78, 5) is 19.8. The largest absolute Gasteiger partial charge is 0.480 e. The van der Waals surface area contributed by atoms with Gasteiger partial charge in [0.15, 0.2) is 5.82 Å². The van der Waals surface area contributed by atoms with Crippen LogP contribution in [0.3, 0.4) is 0 Å². The van der Waals surface area contributed by atoms with Crippen molar-refractivity contribution in [2.24, 2.45) is 5.92 Å². The van der Waals surface area contributed by atoms with Crippen LogP contribution in [0.15, 0.2) is 42.5 Å². The first-order valence-corrected chi connectivity index (χ1v) is 10.4. The summed E-state index contributed by atoms with van der Waals surface area (Å²) in [6, 6.07) is 14.3. The monoisotopic (exact) mass is 395 g/mol. The Morgan fingerprint density at radius 3 is 2.52 bits per heavy atom. The van der Waals surface area contributed by atoms with Gasteiger partial charge >= 0.3 is 0 Å². The fourth-order valence-electron chi connectivity index (χ4n) is 4.20. The molecule has 7 nitrogen and oxygen atoms in total. The molecule has 1 amide bonds. The zero-order chi connectivity index (χ0) is 20.1. The molecule has 1 aromatic carbocycles. The van der Waals surface area contributed by atoms with Crippen LogP contribution in [0.25, 0.3) is 0 Å². The second-order valence-corrected chi connectivity index (χ2v) is 7.81. The molecule has 3 heterocycles. The molecule has 2 aliphatic rings. The van der Waals surface area contributed by atoms with Crippen molar-refractivity contribution >= 4 is 11.7 Å². The van der Waals surface area contributed by atoms with Crippen molar-refractivity contribution in [3.05, 3.63) is 48.0 Å². The van der Waals surface area contributed by atoms with E-state index in [9.17, 15) is 4.79 Å². The third kappa shape index (κ3) is 4.85. The number of piperazine rings is 1. The molecule has 0 saturated carbocycles. The Morgan fingerprint density at radius 2 is 1.83 bits per heavy atom. The van der Waals surface area contributed by atoms with Crippen LogP contribution in [-0.4, -0.2) is 72.3 Å². The molecule has 154 valence electrons. The van der Waals surface area contributed by atoms with Crippen LogP contribution in [0.1, 0.15) is 18.4 Å². The lowest BCUT2D eigenvalue weighted by Gasteiger charge is -2.39. The predicted octanol–water partition coefficient (Wildman–Crippen LogP) is 2.05. The van der Waals surface area contributed by atoms with E-state index in [1.54, 1.807) is 7.11 Å². The number of hydrogen-bond donors (Lipinski definition) is 0. The topological polar surface area (TPSA) is 61.8 Å². The molecule has 0 N–H and O–H groups in total. The molecule has 2 fully saturated rings. The Kier molecular flexibility index (Phi) is 6.24. The van der Waals surface area contributed by atoms with Crippen molar-refractivity contribution in [1.29, 1.82) is 0 Å². The lowest BCUT2D eigenvalue weighted by molar-refractivity contribution is -0.137. The van der Waals surface area contributed by atoms with Gasteiger partial charge in [-0.25, -0.2) is 0 Å². The van der Waals surface area contributed by atoms with E-state index in [2.05, 4.69) is 49.2 Å². The van der Waals surface area contributed by atoms with Gasteiger partial charge in [0.25, 0.3) is 0 Å². The maximum Gasteiger partial charge on any atom is 0.233 e. The summed E-state index contributed by atoms with van der Waals surface area (Å²) in [6.45, 7) is 6.06. The summed E-state index contributed by atoms with van der Waals surface area (Å²) >= 11 is 0. The Labute approximate surface area is 172 Å². The normalized spacial score (nSPS) is 20.5. The van der Waals surface area contributed by atoms with Gasteiger partial charge in [0.05, 0.1) is 13.0 Å². The SMILES string of the molecule is COc1ccc(N2CCC[C@H](C(=O)N3CCN(Cc4ccccc4)CC3)C2)nn1. The first-order valence-electron chi connectivity index (χ1n) is 10.4. The van der Waals surface area contributed by atoms with Crippen LogP contribution in [0.2, 0.25) is 0 Å². The van der Waals surface area contributed by atoms with E-state index in [1.807, 2.05) is 18.2 Å². The molecular weight excluding hydrogens is 366 g/mol. The van der Waals surface area contributed by atoms with Crippen LogP contribution in [-0.2, 0) is 11.3 Å². The number of aromatic nitrogens is 2. The van der Waals surface area contributed by atoms with Crippen LogP contribution in [0.5, 0.6) is 5.88 Å². The van der Waals surface area contributed by atoms with Gasteiger partial charge in [0, 0.05) is 51.9 Å². The summed E-state index contributed by atoms with van der Waals surface area (Å²) in [5.41, 5.74) is 1.33. The Bertz CT molecular complexity index is 791. The average molecular weight is 396 g/mol. The van der Waals surface area contributed by atoms with Gasteiger partial charge in [-0.2, -0.15) is 0 Å². The molecule has 2 aromatic rings. The number of anilines is 1. The third-order valence-electron chi connectivity index (χ3n) is 5.86. The highest BCUT2D eigenvalue weighted by Crippen LogP contribution is 2.24. The van der Waals surface area contributed by atoms with E-state index in [4.69, 9.17) is 4.74 Å². The van der Waals surface area contributed by atoms with Gasteiger partial charge in [-0.15, -0.1) is 10.2 Å². The summed E-state index contributed by atoms with van der Waals surface area (Å²) in [5, 5.41) is 8.31. The lowest BCUT2D eigenvalue weighted by atomic mass is 9.96. The Morgan fingerprint density at radius 1 is 1.03 bits per heavy atom. The van der Waals surface area contributed by atoms with Crippen LogP contribution < -0.4 is 9.64 Å². The standard InChI is InChI=1S/C22H29N5O2/c1-29-21-10-9-20(23-24-21)27-11-5-8-19(17-27)22(28)26-14-12-25(13-15-26)16-18-6-3-2-4-7-18/h2-4,6-7,9-10,19H,5,8,11-17H2,1H3/t19-/m0/s1. The first-order chi connectivity index (χ1) is 14.2. The van der Waals surface area contributed by atoms with E-state index in [0.29, 0.717) is 12.4 Å². The molecule has 0 unspecified atom stereocenters. The van der Waals surface area contributed by atoms with Gasteiger partial charge in [-0.1, -0.05) is 30.3 Å². The van der Waals surface area contributed by atoms with Crippen LogP contribution in [0, 0.1) is 5.92 Å². The minimum absolute atomic E-state index is 0.0355. The molecule has 2 aliphatic heterocycles. The van der Waals surface area contributed by atoms with Gasteiger partial charge in [-0.3, -0.25) is 9.69 Å². The lowest BCUT2D eigenvalue weighted by Crippen LogP contribution is -2.52. The quantitative estimate of drug-likeness (QED) is 0.772. The molecule has 0 aliphatic carbocycles. The summed E-state index contributed by atoms with van der Waals surface area (Å²) in [7, 11) is 1.58. The molecular formula is C22H29N5O2. The molecule has 0 spiro atoms. The van der Waals surface area contributed by atoms with E-state index >= 15 is 0 Å². The van der Waals surface area contributed by atoms with Crippen molar-refractivity contribution in [1.82, 2.24) is 20.0 Å². The number of hydrogen-bond acceptors (Lipinski definition) is 6.